The zero-order valence-corrected chi connectivity index (χ0v) is 14.8. The molecule has 134 valence electrons. The number of carbonyl (C=O) groups excluding carboxylic acids is 1. The molecule has 2 unspecified atom stereocenters. The Bertz CT molecular complexity index is 777. The second-order valence-corrected chi connectivity index (χ2v) is 6.85. The molecule has 1 amide bonds. The molecular weight excluding hydrogens is 328 g/mol. The van der Waals surface area contributed by atoms with Crippen molar-refractivity contribution in [3.63, 3.8) is 0 Å². The van der Waals surface area contributed by atoms with Crippen LogP contribution < -0.4 is 4.74 Å². The predicted molar refractivity (Wildman–Crippen MR) is 99.2 cm³/mol. The number of benzene rings is 2. The van der Waals surface area contributed by atoms with Gasteiger partial charge in [-0.05, 0) is 56.3 Å². The summed E-state index contributed by atoms with van der Waals surface area (Å²) in [6, 6.07) is 17.6. The Morgan fingerprint density at radius 1 is 0.923 bits per heavy atom. The number of amides is 1. The van der Waals surface area contributed by atoms with Crippen LogP contribution in [0.3, 0.4) is 0 Å². The number of rotatable bonds is 3. The first kappa shape index (κ1) is 16.7. The van der Waals surface area contributed by atoms with Gasteiger partial charge in [0.2, 0.25) is 0 Å². The SMILES string of the molecule is CN1C2CCC1CN(C(=O)Oc1ccc(/N=N/c3ccccc3)cc1)C2. The van der Waals surface area contributed by atoms with Crippen molar-refractivity contribution in [2.24, 2.45) is 10.2 Å². The number of likely N-dealkylation sites (N-methyl/N-ethyl adjacent to an activating group) is 1. The van der Waals surface area contributed by atoms with Gasteiger partial charge in [0.25, 0.3) is 0 Å². The molecule has 26 heavy (non-hydrogen) atoms. The van der Waals surface area contributed by atoms with Crippen LogP contribution in [0.5, 0.6) is 5.75 Å². The average Bonchev–Trinajstić information content (AvgIpc) is 2.88. The highest BCUT2D eigenvalue weighted by Crippen LogP contribution is 2.29. The van der Waals surface area contributed by atoms with Gasteiger partial charge in [0.05, 0.1) is 11.4 Å². The van der Waals surface area contributed by atoms with Gasteiger partial charge in [-0.15, -0.1) is 0 Å². The van der Waals surface area contributed by atoms with E-state index < -0.39 is 0 Å². The summed E-state index contributed by atoms with van der Waals surface area (Å²) in [5, 5.41) is 8.37. The summed E-state index contributed by atoms with van der Waals surface area (Å²) in [5.74, 6) is 0.528. The number of nitrogens with zero attached hydrogens (tertiary/aromatic N) is 4. The number of likely N-dealkylation sites (tertiary alicyclic amines) is 1. The molecule has 0 aliphatic carbocycles. The first-order valence-corrected chi connectivity index (χ1v) is 8.94. The van der Waals surface area contributed by atoms with E-state index in [-0.39, 0.29) is 6.09 Å². The number of fused-ring (bicyclic) bond motifs is 2. The van der Waals surface area contributed by atoms with Crippen molar-refractivity contribution < 1.29 is 9.53 Å². The minimum atomic E-state index is -0.270. The van der Waals surface area contributed by atoms with Crippen LogP contribution in [0.25, 0.3) is 0 Å². The molecule has 6 nitrogen and oxygen atoms in total. The highest BCUT2D eigenvalue weighted by atomic mass is 16.6. The lowest BCUT2D eigenvalue weighted by molar-refractivity contribution is 0.0825. The van der Waals surface area contributed by atoms with Crippen LogP contribution >= 0.6 is 0 Å². The van der Waals surface area contributed by atoms with E-state index in [0.717, 1.165) is 31.6 Å². The van der Waals surface area contributed by atoms with Crippen molar-refractivity contribution in [1.82, 2.24) is 9.80 Å². The lowest BCUT2D eigenvalue weighted by Crippen LogP contribution is -2.54. The van der Waals surface area contributed by atoms with Gasteiger partial charge in [-0.1, -0.05) is 18.2 Å². The van der Waals surface area contributed by atoms with Crippen molar-refractivity contribution in [1.29, 1.82) is 0 Å². The van der Waals surface area contributed by atoms with E-state index in [9.17, 15) is 4.79 Å². The van der Waals surface area contributed by atoms with E-state index in [1.807, 2.05) is 35.2 Å². The predicted octanol–water partition coefficient (Wildman–Crippen LogP) is 4.38. The Hall–Kier alpha value is -2.73. The third-order valence-corrected chi connectivity index (χ3v) is 5.18. The van der Waals surface area contributed by atoms with Crippen LogP contribution in [0, 0.1) is 0 Å². The van der Waals surface area contributed by atoms with Crippen LogP contribution in [0.1, 0.15) is 12.8 Å². The van der Waals surface area contributed by atoms with Gasteiger partial charge in [-0.2, -0.15) is 10.2 Å². The lowest BCUT2D eigenvalue weighted by Gasteiger charge is -2.38. The van der Waals surface area contributed by atoms with E-state index in [1.165, 1.54) is 0 Å². The van der Waals surface area contributed by atoms with Crippen LogP contribution in [0.15, 0.2) is 64.8 Å². The Morgan fingerprint density at radius 3 is 2.12 bits per heavy atom. The van der Waals surface area contributed by atoms with Gasteiger partial charge < -0.3 is 9.64 Å². The average molecular weight is 350 g/mol. The molecule has 2 atom stereocenters. The van der Waals surface area contributed by atoms with E-state index in [0.29, 0.717) is 23.5 Å². The first-order chi connectivity index (χ1) is 12.7. The molecule has 2 aromatic carbocycles. The minimum absolute atomic E-state index is 0.270. The summed E-state index contributed by atoms with van der Waals surface area (Å²) in [5.41, 5.74) is 1.51. The van der Waals surface area contributed by atoms with Crippen LogP contribution in [0.4, 0.5) is 16.2 Å². The van der Waals surface area contributed by atoms with E-state index in [2.05, 4.69) is 22.2 Å². The molecule has 0 radical (unpaired) electrons. The molecule has 2 bridgehead atoms. The number of hydrogen-bond donors (Lipinski definition) is 0. The number of piperazine rings is 1. The second-order valence-electron chi connectivity index (χ2n) is 6.85. The molecule has 2 aliphatic heterocycles. The highest BCUT2D eigenvalue weighted by Gasteiger charge is 2.39. The van der Waals surface area contributed by atoms with E-state index >= 15 is 0 Å². The molecule has 6 heteroatoms. The van der Waals surface area contributed by atoms with Gasteiger partial charge in [-0.25, -0.2) is 4.79 Å². The molecule has 0 spiro atoms. The molecule has 0 saturated carbocycles. The summed E-state index contributed by atoms with van der Waals surface area (Å²) in [6.07, 6.45) is 2.05. The molecule has 2 fully saturated rings. The van der Waals surface area contributed by atoms with Crippen LogP contribution in [0.2, 0.25) is 0 Å². The van der Waals surface area contributed by atoms with Gasteiger partial charge >= 0.3 is 6.09 Å². The second kappa shape index (κ2) is 7.25. The number of carbonyl (C=O) groups is 1. The normalized spacial score (nSPS) is 22.7. The van der Waals surface area contributed by atoms with Gasteiger partial charge in [0.15, 0.2) is 0 Å². The van der Waals surface area contributed by atoms with Gasteiger partial charge in [0, 0.05) is 25.2 Å². The van der Waals surface area contributed by atoms with Crippen molar-refractivity contribution in [3.05, 3.63) is 54.6 Å². The molecule has 2 saturated heterocycles. The van der Waals surface area contributed by atoms with Crippen molar-refractivity contribution in [2.75, 3.05) is 20.1 Å². The molecule has 2 aromatic rings. The fourth-order valence-electron chi connectivity index (χ4n) is 3.62. The molecular formula is C20H22N4O2. The fourth-order valence-corrected chi connectivity index (χ4v) is 3.62. The monoisotopic (exact) mass is 350 g/mol. The summed E-state index contributed by atoms with van der Waals surface area (Å²) < 4.78 is 5.53. The molecule has 0 N–H and O–H groups in total. The van der Waals surface area contributed by atoms with Crippen LogP contribution in [-0.2, 0) is 0 Å². The topological polar surface area (TPSA) is 57.5 Å². The van der Waals surface area contributed by atoms with Crippen molar-refractivity contribution in [2.45, 2.75) is 24.9 Å². The Labute approximate surface area is 153 Å². The molecule has 2 aliphatic rings. The third kappa shape index (κ3) is 3.60. The fraction of sp³-hybridized carbons (Fsp3) is 0.350. The highest BCUT2D eigenvalue weighted by molar-refractivity contribution is 5.71. The number of ether oxygens (including phenoxy) is 1. The summed E-state index contributed by atoms with van der Waals surface area (Å²) in [4.78, 5) is 16.6. The van der Waals surface area contributed by atoms with E-state index in [1.54, 1.807) is 24.3 Å². The third-order valence-electron chi connectivity index (χ3n) is 5.18. The standard InChI is InChI=1S/C20H22N4O2/c1-23-17-9-10-18(23)14-24(13-17)20(25)26-19-11-7-16(8-12-19)22-21-15-5-3-2-4-6-15/h2-8,11-12,17-18H,9-10,13-14H2,1H3/b22-21+. The summed E-state index contributed by atoms with van der Waals surface area (Å²) in [7, 11) is 2.15. The zero-order valence-electron chi connectivity index (χ0n) is 14.8. The quantitative estimate of drug-likeness (QED) is 0.772. The maximum Gasteiger partial charge on any atom is 0.415 e. The van der Waals surface area contributed by atoms with E-state index in [4.69, 9.17) is 4.74 Å². The minimum Gasteiger partial charge on any atom is -0.410 e. The van der Waals surface area contributed by atoms with Gasteiger partial charge in [0.1, 0.15) is 5.75 Å². The zero-order chi connectivity index (χ0) is 17.9. The summed E-state index contributed by atoms with van der Waals surface area (Å²) >= 11 is 0. The first-order valence-electron chi connectivity index (χ1n) is 8.94. The summed E-state index contributed by atoms with van der Waals surface area (Å²) in [6.45, 7) is 1.49. The molecule has 2 heterocycles. The van der Waals surface area contributed by atoms with Crippen LogP contribution in [-0.4, -0.2) is 48.1 Å². The van der Waals surface area contributed by atoms with Crippen molar-refractivity contribution >= 4 is 17.5 Å². The van der Waals surface area contributed by atoms with Crippen molar-refractivity contribution in [3.8, 4) is 5.75 Å². The molecule has 4 rings (SSSR count). The molecule has 0 aromatic heterocycles. The Balaban J connectivity index is 1.35. The smallest absolute Gasteiger partial charge is 0.410 e. The largest absolute Gasteiger partial charge is 0.415 e. The lowest BCUT2D eigenvalue weighted by atomic mass is 10.2. The maximum atomic E-state index is 12.4. The van der Waals surface area contributed by atoms with Gasteiger partial charge in [-0.3, -0.25) is 4.90 Å². The Kier molecular flexibility index (Phi) is 4.67. The number of azo groups is 1. The maximum absolute atomic E-state index is 12.4. The Morgan fingerprint density at radius 2 is 1.50 bits per heavy atom. The number of hydrogen-bond acceptors (Lipinski definition) is 5.